The summed E-state index contributed by atoms with van der Waals surface area (Å²) in [7, 11) is 0. The number of carbonyl (C=O) groups is 3. The molecule has 0 saturated heterocycles. The van der Waals surface area contributed by atoms with Crippen LogP contribution < -0.4 is 0 Å². The minimum Gasteiger partial charge on any atom is -0.462 e. The Labute approximate surface area is 503 Å². The first kappa shape index (κ1) is 77.9. The predicted octanol–water partition coefficient (Wildman–Crippen LogP) is 24.4. The summed E-state index contributed by atoms with van der Waals surface area (Å²) in [5.41, 5.74) is 0. The fraction of sp³-hybridized carbons (Fsp3) is 0.800. The summed E-state index contributed by atoms with van der Waals surface area (Å²) in [5.74, 6) is -0.867. The van der Waals surface area contributed by atoms with Gasteiger partial charge in [-0.05, 0) is 109 Å². The molecule has 470 valence electrons. The summed E-state index contributed by atoms with van der Waals surface area (Å²) in [6, 6.07) is 0. The Morgan fingerprint density at radius 1 is 0.259 bits per heavy atom. The molecule has 0 aromatic rings. The van der Waals surface area contributed by atoms with E-state index in [9.17, 15) is 14.4 Å². The maximum Gasteiger partial charge on any atom is 0.306 e. The first-order valence-corrected chi connectivity index (χ1v) is 35.4. The van der Waals surface area contributed by atoms with Crippen molar-refractivity contribution in [2.75, 3.05) is 13.2 Å². The summed E-state index contributed by atoms with van der Waals surface area (Å²) >= 11 is 0. The molecule has 0 N–H and O–H groups in total. The van der Waals surface area contributed by atoms with Crippen molar-refractivity contribution in [3.63, 3.8) is 0 Å². The van der Waals surface area contributed by atoms with Crippen LogP contribution in [0, 0.1) is 0 Å². The van der Waals surface area contributed by atoms with E-state index in [2.05, 4.69) is 93.7 Å². The van der Waals surface area contributed by atoms with Crippen LogP contribution in [-0.4, -0.2) is 37.2 Å². The van der Waals surface area contributed by atoms with Crippen molar-refractivity contribution in [2.24, 2.45) is 0 Å². The van der Waals surface area contributed by atoms with Crippen LogP contribution in [0.3, 0.4) is 0 Å². The summed E-state index contributed by atoms with van der Waals surface area (Å²) in [5, 5.41) is 0. The summed E-state index contributed by atoms with van der Waals surface area (Å²) < 4.78 is 17.0. The van der Waals surface area contributed by atoms with Crippen molar-refractivity contribution in [3.8, 4) is 0 Å². The van der Waals surface area contributed by atoms with Crippen LogP contribution in [0.25, 0.3) is 0 Å². The van der Waals surface area contributed by atoms with Gasteiger partial charge in [0, 0.05) is 19.3 Å². The van der Waals surface area contributed by atoms with Crippen LogP contribution >= 0.6 is 0 Å². The fourth-order valence-corrected chi connectivity index (χ4v) is 10.4. The molecule has 6 heteroatoms. The fourth-order valence-electron chi connectivity index (χ4n) is 10.4. The Hall–Kier alpha value is -3.15. The Balaban J connectivity index is 4.20. The van der Waals surface area contributed by atoms with Crippen molar-refractivity contribution < 1.29 is 28.6 Å². The van der Waals surface area contributed by atoms with E-state index in [0.717, 1.165) is 89.9 Å². The third-order valence-corrected chi connectivity index (χ3v) is 15.7. The molecular formula is C75H134O6. The topological polar surface area (TPSA) is 78.9 Å². The average molecular weight is 1130 g/mol. The highest BCUT2D eigenvalue weighted by Crippen LogP contribution is 2.18. The third kappa shape index (κ3) is 67.5. The van der Waals surface area contributed by atoms with Crippen LogP contribution in [0.15, 0.2) is 72.9 Å². The van der Waals surface area contributed by atoms with Gasteiger partial charge in [-0.25, -0.2) is 0 Å². The van der Waals surface area contributed by atoms with Gasteiger partial charge in [0.25, 0.3) is 0 Å². The number of carbonyl (C=O) groups excluding carboxylic acids is 3. The molecule has 0 radical (unpaired) electrons. The lowest BCUT2D eigenvalue weighted by Crippen LogP contribution is -2.30. The van der Waals surface area contributed by atoms with Crippen LogP contribution in [0.2, 0.25) is 0 Å². The average Bonchev–Trinajstić information content (AvgIpc) is 3.47. The monoisotopic (exact) mass is 1130 g/mol. The molecule has 1 unspecified atom stereocenters. The maximum absolute atomic E-state index is 12.9. The SMILES string of the molecule is CC/C=C\C/C=C\C/C=C\C/C=C\CCCCCCCCCCCCCCCCCCCCC(=O)OCC(COC(=O)CCCCCCC/C=C\CCCCCCC)OC(=O)CCCCCCCCC/C=C\CCCCCCCCC. The lowest BCUT2D eigenvalue weighted by Gasteiger charge is -2.18. The van der Waals surface area contributed by atoms with Crippen molar-refractivity contribution in [1.29, 1.82) is 0 Å². The smallest absolute Gasteiger partial charge is 0.306 e. The van der Waals surface area contributed by atoms with Gasteiger partial charge < -0.3 is 14.2 Å². The van der Waals surface area contributed by atoms with Gasteiger partial charge in [0.2, 0.25) is 0 Å². The first-order chi connectivity index (χ1) is 40.0. The molecule has 0 aromatic heterocycles. The van der Waals surface area contributed by atoms with E-state index in [1.54, 1.807) is 0 Å². The molecule has 81 heavy (non-hydrogen) atoms. The van der Waals surface area contributed by atoms with Crippen molar-refractivity contribution in [1.82, 2.24) is 0 Å². The van der Waals surface area contributed by atoms with Crippen molar-refractivity contribution >= 4 is 17.9 Å². The number of esters is 3. The molecule has 0 amide bonds. The van der Waals surface area contributed by atoms with Gasteiger partial charge in [0.05, 0.1) is 0 Å². The van der Waals surface area contributed by atoms with Crippen LogP contribution in [-0.2, 0) is 28.6 Å². The highest BCUT2D eigenvalue weighted by molar-refractivity contribution is 5.71. The molecule has 1 atom stereocenters. The van der Waals surface area contributed by atoms with E-state index in [4.69, 9.17) is 14.2 Å². The molecular weight excluding hydrogens is 997 g/mol. The highest BCUT2D eigenvalue weighted by atomic mass is 16.6. The Morgan fingerprint density at radius 3 is 0.765 bits per heavy atom. The molecule has 0 aromatic carbocycles. The molecule has 6 nitrogen and oxygen atoms in total. The number of allylic oxidation sites excluding steroid dienone is 12. The van der Waals surface area contributed by atoms with E-state index < -0.39 is 6.10 Å². The summed E-state index contributed by atoms with van der Waals surface area (Å²) in [6.45, 7) is 6.56. The highest BCUT2D eigenvalue weighted by Gasteiger charge is 2.19. The summed E-state index contributed by atoms with van der Waals surface area (Å²) in [6.07, 6.45) is 90.8. The van der Waals surface area contributed by atoms with Gasteiger partial charge in [-0.15, -0.1) is 0 Å². The molecule has 0 bridgehead atoms. The largest absolute Gasteiger partial charge is 0.462 e. The molecule has 0 heterocycles. The van der Waals surface area contributed by atoms with Gasteiger partial charge in [-0.3, -0.25) is 14.4 Å². The van der Waals surface area contributed by atoms with Gasteiger partial charge in [0.15, 0.2) is 6.10 Å². The van der Waals surface area contributed by atoms with E-state index >= 15 is 0 Å². The number of unbranched alkanes of at least 4 members (excludes halogenated alkanes) is 42. The van der Waals surface area contributed by atoms with E-state index in [1.165, 1.54) is 238 Å². The Kier molecular flexibility index (Phi) is 66.6. The molecule has 0 aliphatic heterocycles. The van der Waals surface area contributed by atoms with E-state index in [-0.39, 0.29) is 31.1 Å². The Morgan fingerprint density at radius 2 is 0.481 bits per heavy atom. The number of rotatable bonds is 65. The van der Waals surface area contributed by atoms with Gasteiger partial charge in [-0.1, -0.05) is 312 Å². The second-order valence-corrected chi connectivity index (χ2v) is 23.8. The van der Waals surface area contributed by atoms with Gasteiger partial charge >= 0.3 is 17.9 Å². The molecule has 0 spiro atoms. The molecule has 0 saturated carbocycles. The summed E-state index contributed by atoms with van der Waals surface area (Å²) in [4.78, 5) is 38.4. The lowest BCUT2D eigenvalue weighted by atomic mass is 10.0. The van der Waals surface area contributed by atoms with Crippen LogP contribution in [0.1, 0.15) is 367 Å². The quantitative estimate of drug-likeness (QED) is 0.0261. The number of ether oxygens (including phenoxy) is 3. The maximum atomic E-state index is 12.9. The zero-order valence-corrected chi connectivity index (χ0v) is 54.1. The number of hydrogen-bond donors (Lipinski definition) is 0. The normalized spacial score (nSPS) is 12.5. The second kappa shape index (κ2) is 69.3. The van der Waals surface area contributed by atoms with Crippen LogP contribution in [0.4, 0.5) is 0 Å². The molecule has 0 fully saturated rings. The standard InChI is InChI=1S/C75H134O6/c1-4-7-10-13-16-19-22-25-28-30-32-33-34-35-36-37-38-39-40-41-42-43-44-46-47-50-53-56-59-62-65-68-74(77)80-71-72(70-79-73(76)67-64-61-58-55-52-49-27-24-21-18-15-12-9-6-3)81-75(78)69-66-63-60-57-54-51-48-45-31-29-26-23-20-17-14-11-8-5-2/h7,10,16,19,24-25,27-29,31-33,72H,4-6,8-9,11-15,17-18,20-23,26,30,34-71H2,1-3H3/b10-7-,19-16-,27-24-,28-25-,31-29-,33-32-. The zero-order valence-electron chi connectivity index (χ0n) is 54.1. The lowest BCUT2D eigenvalue weighted by molar-refractivity contribution is -0.167. The van der Waals surface area contributed by atoms with E-state index in [1.807, 2.05) is 0 Å². The van der Waals surface area contributed by atoms with Gasteiger partial charge in [-0.2, -0.15) is 0 Å². The molecule has 0 aliphatic carbocycles. The van der Waals surface area contributed by atoms with Crippen LogP contribution in [0.5, 0.6) is 0 Å². The van der Waals surface area contributed by atoms with E-state index in [0.29, 0.717) is 19.3 Å². The van der Waals surface area contributed by atoms with Crippen molar-refractivity contribution in [2.45, 2.75) is 374 Å². The minimum atomic E-state index is -0.780. The molecule has 0 rings (SSSR count). The second-order valence-electron chi connectivity index (χ2n) is 23.8. The third-order valence-electron chi connectivity index (χ3n) is 15.7. The predicted molar refractivity (Wildman–Crippen MR) is 353 cm³/mol. The zero-order chi connectivity index (χ0) is 58.5. The minimum absolute atomic E-state index is 0.0753. The van der Waals surface area contributed by atoms with Gasteiger partial charge in [0.1, 0.15) is 13.2 Å². The first-order valence-electron chi connectivity index (χ1n) is 35.4. The molecule has 0 aliphatic rings. The number of hydrogen-bond acceptors (Lipinski definition) is 6. The van der Waals surface area contributed by atoms with Crippen molar-refractivity contribution in [3.05, 3.63) is 72.9 Å². The Bertz CT molecular complexity index is 1490.